The molecule has 1 aliphatic rings. The van der Waals surface area contributed by atoms with Crippen LogP contribution in [0.25, 0.3) is 0 Å². The van der Waals surface area contributed by atoms with Crippen molar-refractivity contribution < 1.29 is 4.42 Å². The van der Waals surface area contributed by atoms with E-state index in [-0.39, 0.29) is 0 Å². The van der Waals surface area contributed by atoms with E-state index in [2.05, 4.69) is 38.5 Å². The van der Waals surface area contributed by atoms with E-state index < -0.39 is 0 Å². The van der Waals surface area contributed by atoms with Crippen LogP contribution in [0.4, 0.5) is 0 Å². The molecule has 3 aromatic rings. The molecule has 1 aliphatic heterocycles. The first-order valence-corrected chi connectivity index (χ1v) is 8.36. The molecule has 1 atom stereocenters. The number of rotatable bonds is 5. The maximum Gasteiger partial charge on any atom is 0.230 e. The van der Waals surface area contributed by atoms with Gasteiger partial charge in [-0.2, -0.15) is 5.10 Å². The molecule has 24 heavy (non-hydrogen) atoms. The molecule has 124 valence electrons. The van der Waals surface area contributed by atoms with Gasteiger partial charge in [0.1, 0.15) is 0 Å². The minimum atomic E-state index is 0.392. The number of hydrogen-bond donors (Lipinski definition) is 0. The predicted octanol–water partition coefficient (Wildman–Crippen LogP) is 2.73. The summed E-state index contributed by atoms with van der Waals surface area (Å²) in [5.41, 5.74) is 2.45. The smallest absolute Gasteiger partial charge is 0.230 e. The lowest BCUT2D eigenvalue weighted by Gasteiger charge is -2.21. The van der Waals surface area contributed by atoms with Gasteiger partial charge in [-0.25, -0.2) is 0 Å². The van der Waals surface area contributed by atoms with E-state index >= 15 is 0 Å². The zero-order valence-corrected chi connectivity index (χ0v) is 13.8. The summed E-state index contributed by atoms with van der Waals surface area (Å²) in [6.07, 6.45) is 7.07. The Morgan fingerprint density at radius 2 is 2.00 bits per heavy atom. The highest BCUT2D eigenvalue weighted by molar-refractivity contribution is 5.18. The van der Waals surface area contributed by atoms with Crippen LogP contribution in [-0.4, -0.2) is 31.4 Å². The van der Waals surface area contributed by atoms with Gasteiger partial charge in [-0.1, -0.05) is 30.3 Å². The third kappa shape index (κ3) is 3.23. The maximum atomic E-state index is 5.85. The van der Waals surface area contributed by atoms with Crippen molar-refractivity contribution in [3.05, 3.63) is 65.6 Å². The van der Waals surface area contributed by atoms with E-state index in [0.717, 1.165) is 13.0 Å². The van der Waals surface area contributed by atoms with Gasteiger partial charge in [-0.3, -0.25) is 9.58 Å². The Kier molecular flexibility index (Phi) is 4.13. The van der Waals surface area contributed by atoms with Crippen LogP contribution >= 0.6 is 0 Å². The highest BCUT2D eigenvalue weighted by Crippen LogP contribution is 2.32. The molecular formula is C18H21N5O. The topological polar surface area (TPSA) is 60.0 Å². The molecule has 0 amide bonds. The molecule has 0 unspecified atom stereocenters. The molecule has 6 heteroatoms. The van der Waals surface area contributed by atoms with Crippen molar-refractivity contribution in [3.8, 4) is 0 Å². The Balaban J connectivity index is 1.43. The third-order valence-electron chi connectivity index (χ3n) is 4.52. The quantitative estimate of drug-likeness (QED) is 0.722. The lowest BCUT2D eigenvalue weighted by molar-refractivity contribution is 0.221. The number of aryl methyl sites for hydroxylation is 1. The summed E-state index contributed by atoms with van der Waals surface area (Å²) < 4.78 is 7.71. The van der Waals surface area contributed by atoms with Crippen LogP contribution in [-0.2, 0) is 20.0 Å². The van der Waals surface area contributed by atoms with Crippen molar-refractivity contribution in [1.29, 1.82) is 0 Å². The SMILES string of the molecule is Cn1cc([C@@H]2CCCN2Cc2nnc(Cc3ccccc3)o2)cn1. The summed E-state index contributed by atoms with van der Waals surface area (Å²) in [6, 6.07) is 10.6. The van der Waals surface area contributed by atoms with Gasteiger partial charge in [0.15, 0.2) is 0 Å². The first-order valence-electron chi connectivity index (χ1n) is 8.36. The van der Waals surface area contributed by atoms with Gasteiger partial charge in [-0.05, 0) is 24.9 Å². The van der Waals surface area contributed by atoms with Crippen LogP contribution in [0.3, 0.4) is 0 Å². The Hall–Kier alpha value is -2.47. The van der Waals surface area contributed by atoms with Crippen LogP contribution in [0.5, 0.6) is 0 Å². The first-order chi connectivity index (χ1) is 11.8. The molecule has 1 aromatic carbocycles. The highest BCUT2D eigenvalue weighted by Gasteiger charge is 2.28. The minimum absolute atomic E-state index is 0.392. The van der Waals surface area contributed by atoms with Crippen molar-refractivity contribution in [3.63, 3.8) is 0 Å². The molecule has 0 spiro atoms. The van der Waals surface area contributed by atoms with E-state index in [9.17, 15) is 0 Å². The van der Waals surface area contributed by atoms with Crippen molar-refractivity contribution >= 4 is 0 Å². The summed E-state index contributed by atoms with van der Waals surface area (Å²) in [6.45, 7) is 1.75. The van der Waals surface area contributed by atoms with Gasteiger partial charge in [0.05, 0.1) is 19.2 Å². The molecule has 0 aliphatic carbocycles. The summed E-state index contributed by atoms with van der Waals surface area (Å²) in [7, 11) is 1.96. The lowest BCUT2D eigenvalue weighted by Crippen LogP contribution is -2.22. The number of benzene rings is 1. The molecule has 1 saturated heterocycles. The standard InChI is InChI=1S/C18H21N5O/c1-22-12-15(11-19-22)16-8-5-9-23(16)13-18-21-20-17(24-18)10-14-6-3-2-4-7-14/h2-4,6-7,11-12,16H,5,8-10,13H2,1H3/t16-/m0/s1. The predicted molar refractivity (Wildman–Crippen MR) is 89.1 cm³/mol. The van der Waals surface area contributed by atoms with E-state index in [0.29, 0.717) is 30.8 Å². The molecule has 2 aromatic heterocycles. The highest BCUT2D eigenvalue weighted by atomic mass is 16.4. The Morgan fingerprint density at radius 3 is 2.79 bits per heavy atom. The Morgan fingerprint density at radius 1 is 1.17 bits per heavy atom. The molecule has 0 radical (unpaired) electrons. The third-order valence-corrected chi connectivity index (χ3v) is 4.52. The van der Waals surface area contributed by atoms with E-state index in [1.807, 2.05) is 36.1 Å². The molecule has 0 N–H and O–H groups in total. The van der Waals surface area contributed by atoms with Crippen LogP contribution in [0, 0.1) is 0 Å². The fraction of sp³-hybridized carbons (Fsp3) is 0.389. The second-order valence-electron chi connectivity index (χ2n) is 6.33. The van der Waals surface area contributed by atoms with Gasteiger partial charge < -0.3 is 4.42 Å². The van der Waals surface area contributed by atoms with Gasteiger partial charge in [-0.15, -0.1) is 10.2 Å². The molecule has 4 rings (SSSR count). The van der Waals surface area contributed by atoms with Crippen LogP contribution in [0.1, 0.15) is 41.8 Å². The van der Waals surface area contributed by atoms with E-state index in [1.54, 1.807) is 0 Å². The minimum Gasteiger partial charge on any atom is -0.424 e. The normalized spacial score (nSPS) is 18.3. The number of hydrogen-bond acceptors (Lipinski definition) is 5. The summed E-state index contributed by atoms with van der Waals surface area (Å²) in [5, 5.41) is 12.7. The second kappa shape index (κ2) is 6.57. The second-order valence-corrected chi connectivity index (χ2v) is 6.33. The molecule has 1 fully saturated rings. The average Bonchev–Trinajstić information content (AvgIpc) is 3.31. The molecule has 0 saturated carbocycles. The van der Waals surface area contributed by atoms with Gasteiger partial charge in [0.25, 0.3) is 0 Å². The van der Waals surface area contributed by atoms with Gasteiger partial charge in [0, 0.05) is 24.8 Å². The van der Waals surface area contributed by atoms with Crippen LogP contribution in [0.15, 0.2) is 47.1 Å². The fourth-order valence-electron chi connectivity index (χ4n) is 3.37. The lowest BCUT2D eigenvalue weighted by atomic mass is 10.1. The fourth-order valence-corrected chi connectivity index (χ4v) is 3.37. The average molecular weight is 323 g/mol. The monoisotopic (exact) mass is 323 g/mol. The number of likely N-dealkylation sites (tertiary alicyclic amines) is 1. The summed E-state index contributed by atoms with van der Waals surface area (Å²) in [4.78, 5) is 2.40. The maximum absolute atomic E-state index is 5.85. The van der Waals surface area contributed by atoms with E-state index in [4.69, 9.17) is 4.42 Å². The van der Waals surface area contributed by atoms with Crippen molar-refractivity contribution in [1.82, 2.24) is 24.9 Å². The van der Waals surface area contributed by atoms with Crippen molar-refractivity contribution in [2.75, 3.05) is 6.54 Å². The Labute approximate surface area is 141 Å². The zero-order valence-electron chi connectivity index (χ0n) is 13.8. The molecular weight excluding hydrogens is 302 g/mol. The molecule has 6 nitrogen and oxygen atoms in total. The number of aromatic nitrogens is 4. The zero-order chi connectivity index (χ0) is 16.4. The largest absolute Gasteiger partial charge is 0.424 e. The number of nitrogens with zero attached hydrogens (tertiary/aromatic N) is 5. The van der Waals surface area contributed by atoms with Crippen LogP contribution < -0.4 is 0 Å². The molecule has 3 heterocycles. The van der Waals surface area contributed by atoms with Crippen LogP contribution in [0.2, 0.25) is 0 Å². The van der Waals surface area contributed by atoms with Gasteiger partial charge >= 0.3 is 0 Å². The van der Waals surface area contributed by atoms with Gasteiger partial charge in [0.2, 0.25) is 11.8 Å². The first kappa shape index (κ1) is 15.1. The summed E-state index contributed by atoms with van der Waals surface area (Å²) in [5.74, 6) is 1.37. The van der Waals surface area contributed by atoms with E-state index in [1.165, 1.54) is 17.5 Å². The van der Waals surface area contributed by atoms with Crippen molar-refractivity contribution in [2.24, 2.45) is 7.05 Å². The summed E-state index contributed by atoms with van der Waals surface area (Å²) >= 11 is 0. The Bertz CT molecular complexity index is 795. The van der Waals surface area contributed by atoms with Crippen molar-refractivity contribution in [2.45, 2.75) is 31.8 Å². The molecule has 0 bridgehead atoms.